The first-order chi connectivity index (χ1) is 17.0. The molecular weight excluding hydrogens is 448 g/mol. The third kappa shape index (κ3) is 8.65. The lowest BCUT2D eigenvalue weighted by atomic mass is 10.2. The highest BCUT2D eigenvalue weighted by atomic mass is 16.5. The van der Waals surface area contributed by atoms with Gasteiger partial charge in [-0.3, -0.25) is 14.4 Å². The number of rotatable bonds is 10. The van der Waals surface area contributed by atoms with E-state index in [1.807, 2.05) is 25.1 Å². The summed E-state index contributed by atoms with van der Waals surface area (Å²) in [5, 5.41) is 9.02. The summed E-state index contributed by atoms with van der Waals surface area (Å²) >= 11 is 0. The van der Waals surface area contributed by atoms with Gasteiger partial charge in [0, 0.05) is 11.4 Å². The van der Waals surface area contributed by atoms with Crippen molar-refractivity contribution in [2.24, 2.45) is 5.10 Å². The van der Waals surface area contributed by atoms with Crippen molar-refractivity contribution in [3.05, 3.63) is 84.4 Å². The van der Waals surface area contributed by atoms with Gasteiger partial charge in [0.1, 0.15) is 11.5 Å². The molecule has 0 atom stereocenters. The van der Waals surface area contributed by atoms with E-state index in [-0.39, 0.29) is 12.5 Å². The Morgan fingerprint density at radius 2 is 1.54 bits per heavy atom. The van der Waals surface area contributed by atoms with Gasteiger partial charge in [-0.2, -0.15) is 5.10 Å². The highest BCUT2D eigenvalue weighted by Gasteiger charge is 2.13. The number of nitrogens with one attached hydrogen (secondary N) is 3. The lowest BCUT2D eigenvalue weighted by Gasteiger charge is -2.08. The minimum Gasteiger partial charge on any atom is -0.494 e. The van der Waals surface area contributed by atoms with Gasteiger partial charge in [0.05, 0.1) is 12.8 Å². The second kappa shape index (κ2) is 13.1. The van der Waals surface area contributed by atoms with Crippen LogP contribution in [0.15, 0.2) is 84.0 Å². The van der Waals surface area contributed by atoms with E-state index in [4.69, 9.17) is 9.47 Å². The van der Waals surface area contributed by atoms with Gasteiger partial charge >= 0.3 is 11.8 Å². The summed E-state index contributed by atoms with van der Waals surface area (Å²) in [5.74, 6) is -0.936. The first-order valence-corrected chi connectivity index (χ1v) is 11.0. The summed E-state index contributed by atoms with van der Waals surface area (Å²) in [6.45, 7) is 2.44. The molecule has 3 rings (SSSR count). The summed E-state index contributed by atoms with van der Waals surface area (Å²) in [6, 6.07) is 22.6. The number of nitrogens with zero attached hydrogens (tertiary/aromatic N) is 1. The minimum absolute atomic E-state index is 0.169. The van der Waals surface area contributed by atoms with E-state index in [0.717, 1.165) is 6.42 Å². The molecule has 0 aliphatic heterocycles. The number of hydrogen-bond acceptors (Lipinski definition) is 6. The maximum atomic E-state index is 12.1. The lowest BCUT2D eigenvalue weighted by molar-refractivity contribution is -0.136. The molecule has 3 aromatic rings. The Hall–Kier alpha value is -4.66. The van der Waals surface area contributed by atoms with Gasteiger partial charge in [-0.05, 0) is 60.5 Å². The first-order valence-electron chi connectivity index (χ1n) is 11.0. The number of ether oxygens (including phenoxy) is 2. The smallest absolute Gasteiger partial charge is 0.329 e. The number of hydrazone groups is 1. The highest BCUT2D eigenvalue weighted by molar-refractivity contribution is 6.39. The van der Waals surface area contributed by atoms with E-state index in [9.17, 15) is 14.4 Å². The van der Waals surface area contributed by atoms with Crippen molar-refractivity contribution in [1.82, 2.24) is 5.43 Å². The van der Waals surface area contributed by atoms with Crippen LogP contribution in [-0.4, -0.2) is 37.1 Å². The minimum atomic E-state index is -0.919. The van der Waals surface area contributed by atoms with E-state index in [1.165, 1.54) is 6.21 Å². The van der Waals surface area contributed by atoms with Crippen LogP contribution in [0.2, 0.25) is 0 Å². The van der Waals surface area contributed by atoms with Crippen LogP contribution in [0.25, 0.3) is 0 Å². The molecule has 9 nitrogen and oxygen atoms in total. The number of carbonyl (C=O) groups is 3. The topological polar surface area (TPSA) is 118 Å². The molecule has 3 N–H and O–H groups in total. The zero-order chi connectivity index (χ0) is 24.9. The van der Waals surface area contributed by atoms with Crippen LogP contribution in [0.4, 0.5) is 11.4 Å². The number of anilines is 2. The van der Waals surface area contributed by atoms with Crippen molar-refractivity contribution in [3.63, 3.8) is 0 Å². The zero-order valence-electron chi connectivity index (χ0n) is 19.2. The number of amides is 3. The van der Waals surface area contributed by atoms with Crippen LogP contribution in [-0.2, 0) is 14.4 Å². The van der Waals surface area contributed by atoms with E-state index < -0.39 is 11.8 Å². The second-order valence-electron chi connectivity index (χ2n) is 7.30. The van der Waals surface area contributed by atoms with Crippen molar-refractivity contribution in [1.29, 1.82) is 0 Å². The van der Waals surface area contributed by atoms with E-state index in [2.05, 4.69) is 21.2 Å². The largest absolute Gasteiger partial charge is 0.494 e. The molecule has 35 heavy (non-hydrogen) atoms. The Labute approximate surface area is 203 Å². The number of carbonyl (C=O) groups excluding carboxylic acids is 3. The van der Waals surface area contributed by atoms with Crippen molar-refractivity contribution in [2.45, 2.75) is 13.3 Å². The van der Waals surface area contributed by atoms with Gasteiger partial charge in [0.25, 0.3) is 5.91 Å². The van der Waals surface area contributed by atoms with Crippen LogP contribution in [0.1, 0.15) is 18.9 Å². The molecule has 0 aliphatic carbocycles. The fourth-order valence-corrected chi connectivity index (χ4v) is 2.81. The molecule has 0 aromatic heterocycles. The number of para-hydroxylation sites is 1. The molecule has 0 radical (unpaired) electrons. The monoisotopic (exact) mass is 474 g/mol. The van der Waals surface area contributed by atoms with Gasteiger partial charge in [-0.1, -0.05) is 37.3 Å². The Balaban J connectivity index is 1.44. The van der Waals surface area contributed by atoms with Gasteiger partial charge in [0.2, 0.25) is 0 Å². The van der Waals surface area contributed by atoms with Crippen LogP contribution in [0, 0.1) is 0 Å². The maximum absolute atomic E-state index is 12.1. The predicted octanol–water partition coefficient (Wildman–Crippen LogP) is 3.58. The Morgan fingerprint density at radius 1 is 0.800 bits per heavy atom. The van der Waals surface area contributed by atoms with Gasteiger partial charge in [-0.15, -0.1) is 0 Å². The molecule has 3 aromatic carbocycles. The van der Waals surface area contributed by atoms with Crippen molar-refractivity contribution < 1.29 is 23.9 Å². The molecule has 3 amide bonds. The second-order valence-corrected chi connectivity index (χ2v) is 7.30. The molecule has 0 aliphatic rings. The van der Waals surface area contributed by atoms with Crippen LogP contribution >= 0.6 is 0 Å². The highest BCUT2D eigenvalue weighted by Crippen LogP contribution is 2.16. The summed E-state index contributed by atoms with van der Waals surface area (Å²) in [4.78, 5) is 36.1. The average Bonchev–Trinajstić information content (AvgIpc) is 2.88. The quantitative estimate of drug-likeness (QED) is 0.236. The zero-order valence-corrected chi connectivity index (χ0v) is 19.2. The van der Waals surface area contributed by atoms with Crippen LogP contribution < -0.4 is 25.5 Å². The fraction of sp³-hybridized carbons (Fsp3) is 0.154. The third-order valence-corrected chi connectivity index (χ3v) is 4.46. The third-order valence-electron chi connectivity index (χ3n) is 4.46. The van der Waals surface area contributed by atoms with Gasteiger partial charge in [0.15, 0.2) is 6.61 Å². The van der Waals surface area contributed by atoms with Gasteiger partial charge < -0.3 is 20.1 Å². The molecule has 0 fully saturated rings. The molecule has 180 valence electrons. The van der Waals surface area contributed by atoms with Crippen LogP contribution in [0.5, 0.6) is 11.5 Å². The molecule has 0 saturated heterocycles. The fourth-order valence-electron chi connectivity index (χ4n) is 2.81. The molecule has 0 heterocycles. The average molecular weight is 475 g/mol. The van der Waals surface area contributed by atoms with E-state index in [1.54, 1.807) is 60.7 Å². The lowest BCUT2D eigenvalue weighted by Crippen LogP contribution is -2.32. The normalized spacial score (nSPS) is 10.4. The number of hydrogen-bond donors (Lipinski definition) is 3. The Bertz CT molecular complexity index is 1160. The molecule has 9 heteroatoms. The van der Waals surface area contributed by atoms with Gasteiger partial charge in [-0.25, -0.2) is 5.43 Å². The predicted molar refractivity (Wildman–Crippen MR) is 134 cm³/mol. The maximum Gasteiger partial charge on any atom is 0.329 e. The van der Waals surface area contributed by atoms with E-state index >= 15 is 0 Å². The van der Waals surface area contributed by atoms with Crippen molar-refractivity contribution in [2.75, 3.05) is 23.8 Å². The molecule has 0 unspecified atom stereocenters. The van der Waals surface area contributed by atoms with Crippen LogP contribution in [0.3, 0.4) is 0 Å². The molecule has 0 saturated carbocycles. The Morgan fingerprint density at radius 3 is 2.29 bits per heavy atom. The molecule has 0 bridgehead atoms. The molecular formula is C26H26N4O5. The standard InChI is InChI=1S/C26H26N4O5/c1-2-15-34-22-13-11-21(12-14-22)29-25(32)26(33)30-27-17-19-7-6-10-23(16-19)35-18-24(31)28-20-8-4-3-5-9-20/h3-14,16-17H,2,15,18H2,1H3,(H,28,31)(H,29,32)(H,30,33)/b27-17-. The number of benzene rings is 3. The summed E-state index contributed by atoms with van der Waals surface area (Å²) in [6.07, 6.45) is 2.25. The summed E-state index contributed by atoms with van der Waals surface area (Å²) < 4.78 is 11.0. The summed E-state index contributed by atoms with van der Waals surface area (Å²) in [5.41, 5.74) is 3.92. The summed E-state index contributed by atoms with van der Waals surface area (Å²) in [7, 11) is 0. The van der Waals surface area contributed by atoms with Crippen molar-refractivity contribution >= 4 is 35.3 Å². The molecule has 0 spiro atoms. The Kier molecular flexibility index (Phi) is 9.38. The first kappa shape index (κ1) is 25.0. The SMILES string of the molecule is CCCOc1ccc(NC(=O)C(=O)N/N=C\c2cccc(OCC(=O)Nc3ccccc3)c2)cc1. The van der Waals surface area contributed by atoms with E-state index in [0.29, 0.717) is 35.0 Å². The van der Waals surface area contributed by atoms with Crippen molar-refractivity contribution in [3.8, 4) is 11.5 Å².